The van der Waals surface area contributed by atoms with E-state index >= 15 is 0 Å². The smallest absolute Gasteiger partial charge is 0.242 e. The van der Waals surface area contributed by atoms with E-state index in [0.29, 0.717) is 12.1 Å². The maximum atomic E-state index is 13.4. The lowest BCUT2D eigenvalue weighted by Crippen LogP contribution is -2.49. The maximum Gasteiger partial charge on any atom is 0.242 e. The first kappa shape index (κ1) is 29.8. The van der Waals surface area contributed by atoms with Gasteiger partial charge >= 0.3 is 0 Å². The van der Waals surface area contributed by atoms with Gasteiger partial charge in [0.1, 0.15) is 6.04 Å². The number of benzene rings is 2. The summed E-state index contributed by atoms with van der Waals surface area (Å²) in [7, 11) is -3.53. The van der Waals surface area contributed by atoms with Crippen molar-refractivity contribution < 1.29 is 18.0 Å². The quantitative estimate of drug-likeness (QED) is 0.385. The fourth-order valence-electron chi connectivity index (χ4n) is 3.98. The lowest BCUT2D eigenvalue weighted by molar-refractivity contribution is -0.140. The van der Waals surface area contributed by atoms with Gasteiger partial charge in [0.05, 0.1) is 11.9 Å². The monoisotopic (exact) mass is 579 g/mol. The summed E-state index contributed by atoms with van der Waals surface area (Å²) in [6, 6.07) is 12.6. The number of rotatable bonds is 12. The summed E-state index contributed by atoms with van der Waals surface area (Å²) < 4.78 is 27.3. The minimum atomic E-state index is -3.53. The largest absolute Gasteiger partial charge is 0.352 e. The molecule has 36 heavy (non-hydrogen) atoms. The van der Waals surface area contributed by atoms with E-state index < -0.39 is 16.1 Å². The molecule has 7 nitrogen and oxygen atoms in total. The van der Waals surface area contributed by atoms with Gasteiger partial charge in [-0.25, -0.2) is 8.42 Å². The van der Waals surface area contributed by atoms with Crippen LogP contribution in [0, 0.1) is 13.8 Å². The number of anilines is 1. The molecular weight excluding hydrogens is 542 g/mol. The second-order valence-corrected chi connectivity index (χ2v) is 12.3. The Morgan fingerprint density at radius 1 is 1.06 bits per heavy atom. The molecule has 0 radical (unpaired) electrons. The van der Waals surface area contributed by atoms with Crippen molar-refractivity contribution in [2.75, 3.05) is 17.1 Å². The fraction of sp³-hybridized carbons (Fsp3) is 0.481. The lowest BCUT2D eigenvalue weighted by Gasteiger charge is -2.30. The molecule has 0 aliphatic heterocycles. The third kappa shape index (κ3) is 8.92. The van der Waals surface area contributed by atoms with Gasteiger partial charge in [0, 0.05) is 30.0 Å². The second kappa shape index (κ2) is 13.2. The maximum absolute atomic E-state index is 13.4. The van der Waals surface area contributed by atoms with Crippen molar-refractivity contribution in [1.82, 2.24) is 10.2 Å². The summed E-state index contributed by atoms with van der Waals surface area (Å²) in [6.45, 7) is 9.94. The van der Waals surface area contributed by atoms with Crippen LogP contribution in [0.3, 0.4) is 0 Å². The summed E-state index contributed by atoms with van der Waals surface area (Å²) in [5.74, 6) is -0.406. The highest BCUT2D eigenvalue weighted by Gasteiger charge is 2.27. The predicted molar refractivity (Wildman–Crippen MR) is 149 cm³/mol. The van der Waals surface area contributed by atoms with E-state index in [9.17, 15) is 18.0 Å². The molecule has 2 rings (SSSR count). The second-order valence-electron chi connectivity index (χ2n) is 9.43. The molecule has 0 fully saturated rings. The molecule has 2 atom stereocenters. The summed E-state index contributed by atoms with van der Waals surface area (Å²) in [5, 5.41) is 2.96. The van der Waals surface area contributed by atoms with E-state index in [-0.39, 0.29) is 37.4 Å². The van der Waals surface area contributed by atoms with Gasteiger partial charge in [0.15, 0.2) is 0 Å². The highest BCUT2D eigenvalue weighted by molar-refractivity contribution is 9.10. The van der Waals surface area contributed by atoms with Crippen LogP contribution in [0.25, 0.3) is 0 Å². The van der Waals surface area contributed by atoms with Crippen molar-refractivity contribution in [3.63, 3.8) is 0 Å². The molecule has 2 aromatic carbocycles. The Hall–Kier alpha value is -2.39. The van der Waals surface area contributed by atoms with Gasteiger partial charge in [-0.1, -0.05) is 41.1 Å². The molecule has 2 amide bonds. The first-order valence-electron chi connectivity index (χ1n) is 12.2. The van der Waals surface area contributed by atoms with Gasteiger partial charge in [-0.2, -0.15) is 0 Å². The number of carbonyl (C=O) groups is 2. The van der Waals surface area contributed by atoms with E-state index in [1.54, 1.807) is 11.8 Å². The number of hydrogen-bond acceptors (Lipinski definition) is 4. The highest BCUT2D eigenvalue weighted by atomic mass is 79.9. The van der Waals surface area contributed by atoms with Crippen molar-refractivity contribution in [1.29, 1.82) is 0 Å². The number of nitrogens with zero attached hydrogens (tertiary/aromatic N) is 2. The average Bonchev–Trinajstić information content (AvgIpc) is 2.78. The summed E-state index contributed by atoms with van der Waals surface area (Å²) >= 11 is 3.46. The Kier molecular flexibility index (Phi) is 11.0. The molecule has 0 heterocycles. The molecule has 2 aromatic rings. The Morgan fingerprint density at radius 3 is 2.25 bits per heavy atom. The number of aryl methyl sites for hydroxylation is 2. The van der Waals surface area contributed by atoms with Crippen LogP contribution < -0.4 is 9.62 Å². The summed E-state index contributed by atoms with van der Waals surface area (Å²) in [6.07, 6.45) is 2.41. The molecular formula is C27H38BrN3O4S. The van der Waals surface area contributed by atoms with Gasteiger partial charge in [0.25, 0.3) is 0 Å². The highest BCUT2D eigenvalue weighted by Crippen LogP contribution is 2.22. The third-order valence-electron chi connectivity index (χ3n) is 6.06. The van der Waals surface area contributed by atoms with E-state index in [1.807, 2.05) is 70.2 Å². The first-order chi connectivity index (χ1) is 16.8. The molecule has 0 saturated carbocycles. The van der Waals surface area contributed by atoms with Crippen LogP contribution in [0.5, 0.6) is 0 Å². The van der Waals surface area contributed by atoms with E-state index in [1.165, 1.54) is 10.6 Å². The van der Waals surface area contributed by atoms with Gasteiger partial charge in [-0.05, 0) is 81.5 Å². The standard InChI is InChI=1S/C27H38BrN3O4S/c1-7-21(4)29-27(33)22(5)30(18-23-10-8-11-24(28)17-23)26(32)12-9-13-31(36(6,34)35)25-15-19(2)14-20(3)16-25/h8,10-11,14-17,21-22H,7,9,12-13,18H2,1-6H3,(H,29,33)/t21-,22-/m0/s1. The zero-order valence-corrected chi connectivity index (χ0v) is 24.4. The lowest BCUT2D eigenvalue weighted by atomic mass is 10.1. The molecule has 0 bridgehead atoms. The van der Waals surface area contributed by atoms with Gasteiger partial charge in [-0.15, -0.1) is 0 Å². The Bertz CT molecular complexity index is 1150. The van der Waals surface area contributed by atoms with Crippen molar-refractivity contribution >= 4 is 43.5 Å². The van der Waals surface area contributed by atoms with Crippen LogP contribution in [-0.4, -0.2) is 50.0 Å². The number of sulfonamides is 1. The molecule has 0 saturated heterocycles. The molecule has 1 N–H and O–H groups in total. The Morgan fingerprint density at radius 2 is 1.69 bits per heavy atom. The number of carbonyl (C=O) groups excluding carboxylic acids is 2. The number of halogens is 1. The minimum Gasteiger partial charge on any atom is -0.352 e. The van der Waals surface area contributed by atoms with Crippen molar-refractivity contribution in [3.05, 3.63) is 63.6 Å². The third-order valence-corrected chi connectivity index (χ3v) is 7.74. The van der Waals surface area contributed by atoms with E-state index in [2.05, 4.69) is 21.2 Å². The summed E-state index contributed by atoms with van der Waals surface area (Å²) in [4.78, 5) is 27.8. The van der Waals surface area contributed by atoms with Crippen LogP contribution >= 0.6 is 15.9 Å². The van der Waals surface area contributed by atoms with Gasteiger partial charge < -0.3 is 10.2 Å². The first-order valence-corrected chi connectivity index (χ1v) is 14.9. The SMILES string of the molecule is CC[C@H](C)NC(=O)[C@H](C)N(Cc1cccc(Br)c1)C(=O)CCCN(c1cc(C)cc(C)c1)S(C)(=O)=O. The molecule has 0 unspecified atom stereocenters. The number of amides is 2. The molecule has 0 aromatic heterocycles. The molecule has 9 heteroatoms. The van der Waals surface area contributed by atoms with Gasteiger partial charge in [-0.3, -0.25) is 13.9 Å². The number of hydrogen-bond donors (Lipinski definition) is 1. The summed E-state index contributed by atoms with van der Waals surface area (Å²) in [5.41, 5.74) is 3.43. The molecule has 198 valence electrons. The molecule has 0 aliphatic carbocycles. The van der Waals surface area contributed by atoms with Crippen LogP contribution in [0.15, 0.2) is 46.9 Å². The number of nitrogens with one attached hydrogen (secondary N) is 1. The fourth-order valence-corrected chi connectivity index (χ4v) is 5.37. The van der Waals surface area contributed by atoms with Crippen molar-refractivity contribution in [2.45, 2.75) is 72.5 Å². The van der Waals surface area contributed by atoms with Crippen molar-refractivity contribution in [2.24, 2.45) is 0 Å². The van der Waals surface area contributed by atoms with Crippen LogP contribution in [0.2, 0.25) is 0 Å². The zero-order chi connectivity index (χ0) is 27.0. The van der Waals surface area contributed by atoms with Crippen LogP contribution in [0.1, 0.15) is 56.7 Å². The zero-order valence-electron chi connectivity index (χ0n) is 22.0. The molecule has 0 aliphatic rings. The Balaban J connectivity index is 2.20. The normalized spacial score (nSPS) is 13.1. The predicted octanol–water partition coefficient (Wildman–Crippen LogP) is 4.94. The Labute approximate surface area is 224 Å². The van der Waals surface area contributed by atoms with E-state index in [4.69, 9.17) is 0 Å². The van der Waals surface area contributed by atoms with E-state index in [0.717, 1.165) is 27.6 Å². The van der Waals surface area contributed by atoms with Gasteiger partial charge in [0.2, 0.25) is 21.8 Å². The topological polar surface area (TPSA) is 86.8 Å². The van der Waals surface area contributed by atoms with Crippen molar-refractivity contribution in [3.8, 4) is 0 Å². The van der Waals surface area contributed by atoms with Crippen LogP contribution in [-0.2, 0) is 26.2 Å². The average molecular weight is 581 g/mol. The molecule has 0 spiro atoms. The van der Waals surface area contributed by atoms with Crippen LogP contribution in [0.4, 0.5) is 5.69 Å². The minimum absolute atomic E-state index is 0.00359.